The molecule has 0 bridgehead atoms. The first kappa shape index (κ1) is 14.1. The van der Waals surface area contributed by atoms with Crippen LogP contribution in [0.2, 0.25) is 0 Å². The lowest BCUT2D eigenvalue weighted by Gasteiger charge is -2.36. The maximum absolute atomic E-state index is 10.8. The van der Waals surface area contributed by atoms with Crippen molar-refractivity contribution in [3.8, 4) is 0 Å². The summed E-state index contributed by atoms with van der Waals surface area (Å²) in [7, 11) is 0. The first-order valence-corrected chi connectivity index (χ1v) is 8.25. The van der Waals surface area contributed by atoms with E-state index in [1.807, 2.05) is 0 Å². The van der Waals surface area contributed by atoms with Crippen LogP contribution >= 0.6 is 0 Å². The van der Waals surface area contributed by atoms with E-state index < -0.39 is 5.60 Å². The predicted molar refractivity (Wildman–Crippen MR) is 83.1 cm³/mol. The number of rotatable bonds is 4. The molecule has 3 rings (SSSR count). The molecule has 2 aliphatic rings. The van der Waals surface area contributed by atoms with Gasteiger partial charge in [-0.05, 0) is 68.2 Å². The number of hydrogen-bond acceptors (Lipinski definition) is 2. The molecule has 110 valence electrons. The summed E-state index contributed by atoms with van der Waals surface area (Å²) in [6.45, 7) is 3.19. The van der Waals surface area contributed by atoms with Crippen molar-refractivity contribution in [1.29, 1.82) is 0 Å². The van der Waals surface area contributed by atoms with Crippen LogP contribution in [0.5, 0.6) is 0 Å². The molecule has 1 aromatic rings. The molecule has 2 nitrogen and oxygen atoms in total. The quantitative estimate of drug-likeness (QED) is 0.884. The highest BCUT2D eigenvalue weighted by atomic mass is 16.3. The minimum Gasteiger partial charge on any atom is -0.390 e. The van der Waals surface area contributed by atoms with E-state index in [4.69, 9.17) is 0 Å². The third-order valence-corrected chi connectivity index (χ3v) is 5.11. The summed E-state index contributed by atoms with van der Waals surface area (Å²) in [5, 5.41) is 14.3. The van der Waals surface area contributed by atoms with Crippen LogP contribution in [0, 0.1) is 0 Å². The van der Waals surface area contributed by atoms with E-state index >= 15 is 0 Å². The second-order valence-corrected chi connectivity index (χ2v) is 6.69. The Kier molecular flexibility index (Phi) is 4.13. The van der Waals surface area contributed by atoms with E-state index in [2.05, 4.69) is 30.4 Å². The lowest BCUT2D eigenvalue weighted by atomic mass is 9.78. The fraction of sp³-hybridized carbons (Fsp3) is 0.667. The summed E-state index contributed by atoms with van der Waals surface area (Å²) in [5.74, 6) is 0. The van der Waals surface area contributed by atoms with Gasteiger partial charge in [0.2, 0.25) is 0 Å². The highest BCUT2D eigenvalue weighted by molar-refractivity contribution is 5.35. The summed E-state index contributed by atoms with van der Waals surface area (Å²) in [4.78, 5) is 0. The van der Waals surface area contributed by atoms with Crippen molar-refractivity contribution in [3.63, 3.8) is 0 Å². The molecule has 20 heavy (non-hydrogen) atoms. The van der Waals surface area contributed by atoms with Crippen molar-refractivity contribution >= 4 is 0 Å². The summed E-state index contributed by atoms with van der Waals surface area (Å²) in [6.07, 6.45) is 8.68. The molecule has 0 spiro atoms. The summed E-state index contributed by atoms with van der Waals surface area (Å²) in [5.41, 5.74) is 3.90. The molecule has 1 aromatic carbocycles. The summed E-state index contributed by atoms with van der Waals surface area (Å²) < 4.78 is 0. The van der Waals surface area contributed by atoms with Gasteiger partial charge < -0.3 is 10.4 Å². The summed E-state index contributed by atoms with van der Waals surface area (Å²) in [6, 6.07) is 7.47. The Morgan fingerprint density at radius 1 is 1.20 bits per heavy atom. The third kappa shape index (κ3) is 3.07. The Balaban J connectivity index is 1.63. The lowest BCUT2D eigenvalue weighted by molar-refractivity contribution is -0.00295. The fourth-order valence-corrected chi connectivity index (χ4v) is 3.94. The van der Waals surface area contributed by atoms with Gasteiger partial charge in [-0.15, -0.1) is 0 Å². The molecule has 1 saturated carbocycles. The van der Waals surface area contributed by atoms with Crippen molar-refractivity contribution in [2.75, 3.05) is 6.54 Å². The van der Waals surface area contributed by atoms with Gasteiger partial charge in [0.1, 0.15) is 0 Å². The normalized spacial score (nSPS) is 29.4. The van der Waals surface area contributed by atoms with E-state index in [0.717, 1.165) is 38.6 Å². The zero-order valence-corrected chi connectivity index (χ0v) is 12.6. The molecule has 1 fully saturated rings. The van der Waals surface area contributed by atoms with Gasteiger partial charge in [0.05, 0.1) is 5.60 Å². The average molecular weight is 273 g/mol. The molecule has 0 heterocycles. The number of aliphatic hydroxyl groups is 1. The molecule has 0 atom stereocenters. The Hall–Kier alpha value is -0.860. The van der Waals surface area contributed by atoms with Crippen molar-refractivity contribution in [1.82, 2.24) is 5.32 Å². The molecule has 2 heteroatoms. The number of benzene rings is 1. The van der Waals surface area contributed by atoms with Gasteiger partial charge in [-0.1, -0.05) is 25.1 Å². The molecule has 0 aliphatic heterocycles. The molecule has 0 radical (unpaired) electrons. The minimum atomic E-state index is -0.473. The maximum atomic E-state index is 10.8. The highest BCUT2D eigenvalue weighted by Gasteiger charge is 2.33. The first-order chi connectivity index (χ1) is 9.68. The van der Waals surface area contributed by atoms with E-state index in [1.54, 1.807) is 0 Å². The van der Waals surface area contributed by atoms with Crippen LogP contribution in [0.25, 0.3) is 0 Å². The monoisotopic (exact) mass is 273 g/mol. The zero-order chi connectivity index (χ0) is 14.0. The van der Waals surface area contributed by atoms with Crippen molar-refractivity contribution in [2.45, 2.75) is 69.9 Å². The SMILES string of the molecule is CCNC1CCC(O)(Cc2ccc3c(c2)CCC3)CC1. The van der Waals surface area contributed by atoms with Crippen LogP contribution in [0.3, 0.4) is 0 Å². The Morgan fingerprint density at radius 3 is 2.70 bits per heavy atom. The Bertz CT molecular complexity index is 460. The molecule has 0 amide bonds. The molecule has 0 saturated heterocycles. The van der Waals surface area contributed by atoms with Crippen molar-refractivity contribution in [3.05, 3.63) is 34.9 Å². The van der Waals surface area contributed by atoms with Gasteiger partial charge in [-0.25, -0.2) is 0 Å². The fourth-order valence-electron chi connectivity index (χ4n) is 3.94. The highest BCUT2D eigenvalue weighted by Crippen LogP contribution is 2.32. The van der Waals surface area contributed by atoms with Crippen LogP contribution in [0.15, 0.2) is 18.2 Å². The van der Waals surface area contributed by atoms with Crippen LogP contribution in [0.4, 0.5) is 0 Å². The molecule has 0 unspecified atom stereocenters. The van der Waals surface area contributed by atoms with Crippen molar-refractivity contribution in [2.24, 2.45) is 0 Å². The largest absolute Gasteiger partial charge is 0.390 e. The van der Waals surface area contributed by atoms with Crippen LogP contribution in [-0.4, -0.2) is 23.3 Å². The zero-order valence-electron chi connectivity index (χ0n) is 12.6. The smallest absolute Gasteiger partial charge is 0.0689 e. The Morgan fingerprint density at radius 2 is 1.95 bits per heavy atom. The van der Waals surface area contributed by atoms with Gasteiger partial charge in [-0.3, -0.25) is 0 Å². The van der Waals surface area contributed by atoms with Crippen LogP contribution in [0.1, 0.15) is 55.7 Å². The average Bonchev–Trinajstić information content (AvgIpc) is 2.89. The molecular formula is C18H27NO. The van der Waals surface area contributed by atoms with Gasteiger partial charge in [0.25, 0.3) is 0 Å². The predicted octanol–water partition coefficient (Wildman–Crippen LogP) is 3.00. The Labute approximate surface area is 122 Å². The summed E-state index contributed by atoms with van der Waals surface area (Å²) >= 11 is 0. The van der Waals surface area contributed by atoms with E-state index in [-0.39, 0.29) is 0 Å². The van der Waals surface area contributed by atoms with E-state index in [1.165, 1.54) is 36.0 Å². The third-order valence-electron chi connectivity index (χ3n) is 5.11. The van der Waals surface area contributed by atoms with Gasteiger partial charge in [0, 0.05) is 12.5 Å². The maximum Gasteiger partial charge on any atom is 0.0689 e. The number of aryl methyl sites for hydroxylation is 2. The molecule has 0 aromatic heterocycles. The van der Waals surface area contributed by atoms with Crippen LogP contribution in [-0.2, 0) is 19.3 Å². The van der Waals surface area contributed by atoms with E-state index in [0.29, 0.717) is 6.04 Å². The van der Waals surface area contributed by atoms with Crippen molar-refractivity contribution < 1.29 is 5.11 Å². The topological polar surface area (TPSA) is 32.3 Å². The number of hydrogen-bond donors (Lipinski definition) is 2. The first-order valence-electron chi connectivity index (χ1n) is 8.25. The molecule has 2 N–H and O–H groups in total. The van der Waals surface area contributed by atoms with Crippen LogP contribution < -0.4 is 5.32 Å². The van der Waals surface area contributed by atoms with Gasteiger partial charge in [0.15, 0.2) is 0 Å². The lowest BCUT2D eigenvalue weighted by Crippen LogP contribution is -2.42. The minimum absolute atomic E-state index is 0.473. The van der Waals surface area contributed by atoms with Gasteiger partial charge in [-0.2, -0.15) is 0 Å². The van der Waals surface area contributed by atoms with E-state index in [9.17, 15) is 5.11 Å². The molecule has 2 aliphatic carbocycles. The van der Waals surface area contributed by atoms with Gasteiger partial charge >= 0.3 is 0 Å². The second kappa shape index (κ2) is 5.87. The second-order valence-electron chi connectivity index (χ2n) is 6.69. The molecular weight excluding hydrogens is 246 g/mol. The number of fused-ring (bicyclic) bond motifs is 1. The number of nitrogens with one attached hydrogen (secondary N) is 1. The standard InChI is InChI=1S/C18H27NO/c1-2-19-17-8-10-18(20,11-9-17)13-14-6-7-15-4-3-5-16(15)12-14/h6-7,12,17,19-20H,2-5,8-11,13H2,1H3.